The third-order valence-electron chi connectivity index (χ3n) is 3.29. The molecule has 1 aromatic heterocycles. The van der Waals surface area contributed by atoms with Crippen LogP contribution in [0, 0.1) is 0 Å². The van der Waals surface area contributed by atoms with Crippen LogP contribution >= 0.6 is 0 Å². The van der Waals surface area contributed by atoms with Crippen LogP contribution in [0.15, 0.2) is 6.07 Å². The van der Waals surface area contributed by atoms with Gasteiger partial charge in [-0.2, -0.15) is 4.98 Å². The van der Waals surface area contributed by atoms with E-state index in [4.69, 9.17) is 11.5 Å². The fraction of sp³-hybridized carbons (Fsp3) is 0.636. The van der Waals surface area contributed by atoms with E-state index in [1.165, 1.54) is 12.8 Å². The van der Waals surface area contributed by atoms with Gasteiger partial charge < -0.3 is 16.4 Å². The van der Waals surface area contributed by atoms with E-state index in [0.717, 1.165) is 31.0 Å². The van der Waals surface area contributed by atoms with Crippen molar-refractivity contribution in [2.45, 2.75) is 31.2 Å². The van der Waals surface area contributed by atoms with Crippen LogP contribution in [0.2, 0.25) is 0 Å². The summed E-state index contributed by atoms with van der Waals surface area (Å²) in [6.45, 7) is 1.85. The first-order valence-corrected chi connectivity index (χ1v) is 5.87. The Bertz CT molecular complexity index is 401. The van der Waals surface area contributed by atoms with Gasteiger partial charge in [0.05, 0.1) is 5.69 Å². The Morgan fingerprint density at radius 3 is 2.69 bits per heavy atom. The van der Waals surface area contributed by atoms with Gasteiger partial charge in [-0.05, 0) is 19.3 Å². The number of nitrogens with zero attached hydrogens (tertiary/aromatic N) is 3. The molecule has 2 fully saturated rings. The minimum atomic E-state index is 0.264. The Hall–Kier alpha value is -1.36. The maximum Gasteiger partial charge on any atom is 0.222 e. The second-order valence-corrected chi connectivity index (χ2v) is 4.78. The summed E-state index contributed by atoms with van der Waals surface area (Å²) in [6.07, 6.45) is 3.49. The summed E-state index contributed by atoms with van der Waals surface area (Å²) in [4.78, 5) is 10.8. The van der Waals surface area contributed by atoms with Crippen molar-refractivity contribution >= 4 is 11.8 Å². The van der Waals surface area contributed by atoms with E-state index in [1.807, 2.05) is 0 Å². The van der Waals surface area contributed by atoms with Crippen molar-refractivity contribution in [3.8, 4) is 0 Å². The van der Waals surface area contributed by atoms with Gasteiger partial charge in [0, 0.05) is 31.1 Å². The normalized spacial score (nSPS) is 25.1. The van der Waals surface area contributed by atoms with Crippen LogP contribution in [0.3, 0.4) is 0 Å². The Balaban J connectivity index is 1.88. The van der Waals surface area contributed by atoms with E-state index < -0.39 is 0 Å². The van der Waals surface area contributed by atoms with Crippen molar-refractivity contribution in [2.75, 3.05) is 23.7 Å². The molecule has 4 N–H and O–H groups in total. The molecule has 1 unspecified atom stereocenters. The molecule has 86 valence electrons. The topological polar surface area (TPSA) is 81.1 Å². The average molecular weight is 219 g/mol. The molecule has 5 nitrogen and oxygen atoms in total. The molecule has 1 aliphatic heterocycles. The highest BCUT2D eigenvalue weighted by molar-refractivity contribution is 5.46. The Labute approximate surface area is 94.9 Å². The summed E-state index contributed by atoms with van der Waals surface area (Å²) in [7, 11) is 0. The number of anilines is 2. The number of aromatic nitrogens is 2. The molecule has 1 aliphatic carbocycles. The van der Waals surface area contributed by atoms with Crippen molar-refractivity contribution in [3.05, 3.63) is 11.8 Å². The van der Waals surface area contributed by atoms with Crippen LogP contribution in [0.25, 0.3) is 0 Å². The zero-order chi connectivity index (χ0) is 11.1. The monoisotopic (exact) mass is 219 g/mol. The third-order valence-corrected chi connectivity index (χ3v) is 3.29. The van der Waals surface area contributed by atoms with E-state index in [0.29, 0.717) is 11.9 Å². The van der Waals surface area contributed by atoms with E-state index in [2.05, 4.69) is 20.9 Å². The minimum Gasteiger partial charge on any atom is -0.368 e. The maximum absolute atomic E-state index is 5.89. The van der Waals surface area contributed by atoms with Gasteiger partial charge in [0.2, 0.25) is 5.95 Å². The van der Waals surface area contributed by atoms with Gasteiger partial charge in [-0.3, -0.25) is 0 Å². The van der Waals surface area contributed by atoms with Crippen molar-refractivity contribution in [2.24, 2.45) is 5.73 Å². The molecule has 0 radical (unpaired) electrons. The SMILES string of the molecule is Nc1nc(C2CC2)cc(N2CCC(N)C2)n1. The molecule has 0 bridgehead atoms. The fourth-order valence-corrected chi connectivity index (χ4v) is 2.22. The quantitative estimate of drug-likeness (QED) is 0.756. The number of hydrogen-bond donors (Lipinski definition) is 2. The van der Waals surface area contributed by atoms with Crippen molar-refractivity contribution < 1.29 is 0 Å². The number of rotatable bonds is 2. The minimum absolute atomic E-state index is 0.264. The van der Waals surface area contributed by atoms with E-state index in [9.17, 15) is 0 Å². The lowest BCUT2D eigenvalue weighted by molar-refractivity contribution is 0.751. The number of nitrogens with two attached hydrogens (primary N) is 2. The summed E-state index contributed by atoms with van der Waals surface area (Å²) in [5.41, 5.74) is 12.7. The lowest BCUT2D eigenvalue weighted by Gasteiger charge is -2.17. The van der Waals surface area contributed by atoms with Gasteiger partial charge in [0.15, 0.2) is 0 Å². The number of hydrogen-bond acceptors (Lipinski definition) is 5. The Morgan fingerprint density at radius 1 is 1.25 bits per heavy atom. The molecular weight excluding hydrogens is 202 g/mol. The summed E-state index contributed by atoms with van der Waals surface area (Å²) in [6, 6.07) is 2.34. The van der Waals surface area contributed by atoms with Crippen LogP contribution in [-0.2, 0) is 0 Å². The molecule has 3 rings (SSSR count). The van der Waals surface area contributed by atoms with Gasteiger partial charge in [-0.15, -0.1) is 0 Å². The molecule has 2 aliphatic rings. The highest BCUT2D eigenvalue weighted by Gasteiger charge is 2.27. The molecule has 0 amide bonds. The molecule has 1 saturated carbocycles. The molecule has 2 heterocycles. The first-order chi connectivity index (χ1) is 7.72. The highest BCUT2D eigenvalue weighted by atomic mass is 15.2. The van der Waals surface area contributed by atoms with E-state index in [-0.39, 0.29) is 6.04 Å². The van der Waals surface area contributed by atoms with Crippen LogP contribution in [0.5, 0.6) is 0 Å². The molecule has 0 aromatic carbocycles. The van der Waals surface area contributed by atoms with Crippen molar-refractivity contribution in [1.29, 1.82) is 0 Å². The number of nitrogen functional groups attached to an aromatic ring is 1. The second kappa shape index (κ2) is 3.59. The zero-order valence-corrected chi connectivity index (χ0v) is 9.26. The van der Waals surface area contributed by atoms with Gasteiger partial charge in [-0.25, -0.2) is 4.98 Å². The van der Waals surface area contributed by atoms with Crippen molar-refractivity contribution in [1.82, 2.24) is 9.97 Å². The standard InChI is InChI=1S/C11H17N5/c12-8-3-4-16(6-8)10-5-9(7-1-2-7)14-11(13)15-10/h5,7-8H,1-4,6,12H2,(H2,13,14,15). The lowest BCUT2D eigenvalue weighted by atomic mass is 10.2. The lowest BCUT2D eigenvalue weighted by Crippen LogP contribution is -2.27. The zero-order valence-electron chi connectivity index (χ0n) is 9.26. The average Bonchev–Trinajstić information content (AvgIpc) is 3.01. The summed E-state index contributed by atoms with van der Waals surface area (Å²) in [5, 5.41) is 0. The van der Waals surface area contributed by atoms with Gasteiger partial charge in [0.1, 0.15) is 5.82 Å². The highest BCUT2D eigenvalue weighted by Crippen LogP contribution is 2.40. The first-order valence-electron chi connectivity index (χ1n) is 5.87. The first kappa shape index (κ1) is 9.84. The predicted molar refractivity (Wildman–Crippen MR) is 63.2 cm³/mol. The van der Waals surface area contributed by atoms with Gasteiger partial charge in [0.25, 0.3) is 0 Å². The molecule has 1 aromatic rings. The maximum atomic E-state index is 5.89. The largest absolute Gasteiger partial charge is 0.368 e. The summed E-state index contributed by atoms with van der Waals surface area (Å²) >= 11 is 0. The predicted octanol–water partition coefficient (Wildman–Crippen LogP) is 0.474. The Morgan fingerprint density at radius 2 is 2.06 bits per heavy atom. The molecule has 0 spiro atoms. The fourth-order valence-electron chi connectivity index (χ4n) is 2.22. The van der Waals surface area contributed by atoms with Crippen LogP contribution in [-0.4, -0.2) is 29.1 Å². The summed E-state index contributed by atoms with van der Waals surface area (Å²) in [5.74, 6) is 1.95. The van der Waals surface area contributed by atoms with E-state index >= 15 is 0 Å². The van der Waals surface area contributed by atoms with E-state index in [1.54, 1.807) is 0 Å². The van der Waals surface area contributed by atoms with Crippen LogP contribution in [0.1, 0.15) is 30.9 Å². The molecule has 1 saturated heterocycles. The van der Waals surface area contributed by atoms with Gasteiger partial charge in [-0.1, -0.05) is 0 Å². The molecule has 1 atom stereocenters. The molecule has 16 heavy (non-hydrogen) atoms. The molecular formula is C11H17N5. The van der Waals surface area contributed by atoms with Crippen molar-refractivity contribution in [3.63, 3.8) is 0 Å². The van der Waals surface area contributed by atoms with Crippen LogP contribution < -0.4 is 16.4 Å². The second-order valence-electron chi connectivity index (χ2n) is 4.78. The Kier molecular flexibility index (Phi) is 2.21. The summed E-state index contributed by atoms with van der Waals surface area (Å²) < 4.78 is 0. The third kappa shape index (κ3) is 1.82. The smallest absolute Gasteiger partial charge is 0.222 e. The molecule has 5 heteroatoms. The van der Waals surface area contributed by atoms with Crippen LogP contribution in [0.4, 0.5) is 11.8 Å². The van der Waals surface area contributed by atoms with Gasteiger partial charge >= 0.3 is 0 Å².